The first-order chi connectivity index (χ1) is 17.4. The van der Waals surface area contributed by atoms with Crippen molar-refractivity contribution in [1.29, 1.82) is 0 Å². The number of amides is 1. The molecular weight excluding hydrogens is 489 g/mol. The molecule has 3 aromatic rings. The summed E-state index contributed by atoms with van der Waals surface area (Å²) in [5, 5.41) is 22.9. The maximum absolute atomic E-state index is 14.9. The average molecular weight is 519 g/mol. The second-order valence-corrected chi connectivity index (χ2v) is 10.0. The number of hydrogen-bond donors (Lipinski definition) is 3. The molecule has 4 rings (SSSR count). The Morgan fingerprint density at radius 2 is 1.70 bits per heavy atom. The van der Waals surface area contributed by atoms with E-state index in [9.17, 15) is 33.0 Å². The largest absolute Gasteiger partial charge is 0.391 e. The van der Waals surface area contributed by atoms with E-state index in [2.05, 4.69) is 10.3 Å². The molecule has 1 aliphatic heterocycles. The summed E-state index contributed by atoms with van der Waals surface area (Å²) in [6.07, 6.45) is -0.820. The van der Waals surface area contributed by atoms with Gasteiger partial charge in [0.25, 0.3) is 5.91 Å². The minimum Gasteiger partial charge on any atom is -0.391 e. The molecule has 198 valence electrons. The van der Waals surface area contributed by atoms with Crippen molar-refractivity contribution in [1.82, 2.24) is 14.9 Å². The summed E-state index contributed by atoms with van der Waals surface area (Å²) in [6.45, 7) is 7.73. The Balaban J connectivity index is 1.96. The topological polar surface area (TPSA) is 108 Å². The summed E-state index contributed by atoms with van der Waals surface area (Å²) in [5.74, 6) is -4.15. The van der Waals surface area contributed by atoms with Crippen LogP contribution in [0.25, 0.3) is 16.7 Å². The number of fused-ring (bicyclic) bond motifs is 1. The van der Waals surface area contributed by atoms with Gasteiger partial charge in [0.2, 0.25) is 5.43 Å². The molecule has 1 unspecified atom stereocenters. The highest BCUT2D eigenvalue weighted by Crippen LogP contribution is 2.28. The fourth-order valence-corrected chi connectivity index (χ4v) is 4.82. The maximum atomic E-state index is 14.9. The smallest absolute Gasteiger partial charge is 0.257 e. The fraction of sp³-hybridized carbons (Fsp3) is 0.423. The van der Waals surface area contributed by atoms with Crippen LogP contribution >= 0.6 is 0 Å². The van der Waals surface area contributed by atoms with Crippen LogP contribution in [-0.4, -0.2) is 50.6 Å². The van der Waals surface area contributed by atoms with E-state index in [1.807, 2.05) is 27.7 Å². The Labute approximate surface area is 211 Å². The van der Waals surface area contributed by atoms with Crippen molar-refractivity contribution in [3.63, 3.8) is 0 Å². The molecule has 0 bridgehead atoms. The lowest BCUT2D eigenvalue weighted by atomic mass is 9.93. The molecule has 3 N–H and O–H groups in total. The fourth-order valence-electron chi connectivity index (χ4n) is 4.82. The van der Waals surface area contributed by atoms with Gasteiger partial charge in [0.15, 0.2) is 17.3 Å². The molecule has 1 amide bonds. The lowest BCUT2D eigenvalue weighted by Crippen LogP contribution is -2.43. The summed E-state index contributed by atoms with van der Waals surface area (Å²) in [5.41, 5.74) is -2.01. The van der Waals surface area contributed by atoms with Crippen LogP contribution in [0.5, 0.6) is 0 Å². The molecule has 2 atom stereocenters. The van der Waals surface area contributed by atoms with Gasteiger partial charge in [0, 0.05) is 37.3 Å². The molecule has 1 aromatic carbocycles. The van der Waals surface area contributed by atoms with E-state index in [0.717, 1.165) is 10.8 Å². The Kier molecular flexibility index (Phi) is 7.29. The van der Waals surface area contributed by atoms with E-state index in [1.165, 1.54) is 17.0 Å². The highest BCUT2D eigenvalue weighted by Gasteiger charge is 2.31. The minimum atomic E-state index is -1.26. The number of pyridine rings is 2. The van der Waals surface area contributed by atoms with Crippen LogP contribution in [0.4, 0.5) is 19.0 Å². The highest BCUT2D eigenvalue weighted by molar-refractivity contribution is 5.97. The zero-order chi connectivity index (χ0) is 27.2. The molecule has 8 nitrogen and oxygen atoms in total. The number of nitrogens with one attached hydrogen (secondary N) is 1. The number of aliphatic hydroxyl groups is 2. The van der Waals surface area contributed by atoms with Crippen LogP contribution in [-0.2, 0) is 0 Å². The molecule has 2 aromatic heterocycles. The van der Waals surface area contributed by atoms with E-state index >= 15 is 0 Å². The number of aliphatic hydroxyl groups excluding tert-OH is 2. The number of β-amino-alcohol motifs (C(OH)–C–C–N with tert-alkyl or cyclic N) is 1. The molecule has 37 heavy (non-hydrogen) atoms. The maximum Gasteiger partial charge on any atom is 0.257 e. The van der Waals surface area contributed by atoms with Crippen molar-refractivity contribution >= 4 is 22.8 Å². The predicted octanol–water partition coefficient (Wildman–Crippen LogP) is 3.10. The second-order valence-electron chi connectivity index (χ2n) is 10.0. The van der Waals surface area contributed by atoms with Gasteiger partial charge < -0.3 is 20.4 Å². The van der Waals surface area contributed by atoms with Gasteiger partial charge in [0.05, 0.1) is 11.5 Å². The average Bonchev–Trinajstić information content (AvgIpc) is 3.15. The molecule has 0 spiro atoms. The van der Waals surface area contributed by atoms with Crippen LogP contribution in [0.15, 0.2) is 35.3 Å². The van der Waals surface area contributed by atoms with Crippen LogP contribution < -0.4 is 15.6 Å². The molecule has 3 heterocycles. The molecule has 0 aliphatic carbocycles. The summed E-state index contributed by atoms with van der Waals surface area (Å²) in [6, 6.07) is 3.45. The highest BCUT2D eigenvalue weighted by atomic mass is 19.1. The summed E-state index contributed by atoms with van der Waals surface area (Å²) in [7, 11) is 0. The first-order valence-electron chi connectivity index (χ1n) is 12.0. The summed E-state index contributed by atoms with van der Waals surface area (Å²) >= 11 is 0. The molecular formula is C26H29F3N4O4. The van der Waals surface area contributed by atoms with Crippen molar-refractivity contribution in [2.45, 2.75) is 52.5 Å². The van der Waals surface area contributed by atoms with Gasteiger partial charge in [-0.2, -0.15) is 0 Å². The van der Waals surface area contributed by atoms with E-state index in [1.54, 1.807) is 0 Å². The zero-order valence-corrected chi connectivity index (χ0v) is 20.9. The Hall–Kier alpha value is -3.44. The van der Waals surface area contributed by atoms with Crippen molar-refractivity contribution in [2.75, 3.05) is 11.4 Å². The SMILES string of the molecule is CC(C)C(NC(=O)c1cn(-c2c(F)cc(F)cc2F)c2nc(N3C[C@@H](O)CC3O)ccc2c1=O)C(C)C. The lowest BCUT2D eigenvalue weighted by molar-refractivity contribution is 0.0909. The monoisotopic (exact) mass is 518 g/mol. The number of anilines is 1. The van der Waals surface area contributed by atoms with Crippen LogP contribution in [0, 0.1) is 29.3 Å². The van der Waals surface area contributed by atoms with Gasteiger partial charge in [-0.3, -0.25) is 14.2 Å². The van der Waals surface area contributed by atoms with E-state index < -0.39 is 46.8 Å². The Morgan fingerprint density at radius 1 is 1.08 bits per heavy atom. The Bertz CT molecular complexity index is 1380. The number of hydrogen-bond acceptors (Lipinski definition) is 6. The van der Waals surface area contributed by atoms with Crippen LogP contribution in [0.3, 0.4) is 0 Å². The molecule has 1 saturated heterocycles. The van der Waals surface area contributed by atoms with Gasteiger partial charge in [-0.15, -0.1) is 0 Å². The van der Waals surface area contributed by atoms with Crippen LogP contribution in [0.1, 0.15) is 44.5 Å². The number of nitrogens with zero attached hydrogens (tertiary/aromatic N) is 3. The van der Waals surface area contributed by atoms with Gasteiger partial charge in [0.1, 0.15) is 29.1 Å². The second kappa shape index (κ2) is 10.1. The molecule has 0 radical (unpaired) electrons. The standard InChI is InChI=1S/C26H29F3N4O4/c1-12(2)22(13(3)4)31-26(37)17-11-33(23-18(28)7-14(27)8-19(23)29)25-16(24(17)36)5-6-20(30-25)32-10-15(34)9-21(32)35/h5-8,11-13,15,21-22,34-35H,9-10H2,1-4H3,(H,31,37)/t15-,21?/m0/s1. The summed E-state index contributed by atoms with van der Waals surface area (Å²) < 4.78 is 44.4. The number of benzene rings is 1. The third-order valence-electron chi connectivity index (χ3n) is 6.58. The van der Waals surface area contributed by atoms with Gasteiger partial charge >= 0.3 is 0 Å². The third-order valence-corrected chi connectivity index (χ3v) is 6.58. The van der Waals surface area contributed by atoms with Crippen molar-refractivity contribution in [2.24, 2.45) is 11.8 Å². The third kappa shape index (κ3) is 5.05. The van der Waals surface area contributed by atoms with Gasteiger partial charge in [-0.25, -0.2) is 18.2 Å². The first kappa shape index (κ1) is 26.6. The van der Waals surface area contributed by atoms with Crippen molar-refractivity contribution in [3.8, 4) is 5.69 Å². The van der Waals surface area contributed by atoms with Crippen molar-refractivity contribution in [3.05, 3.63) is 63.7 Å². The zero-order valence-electron chi connectivity index (χ0n) is 20.9. The predicted molar refractivity (Wildman–Crippen MR) is 132 cm³/mol. The lowest BCUT2D eigenvalue weighted by Gasteiger charge is -2.26. The first-order valence-corrected chi connectivity index (χ1v) is 12.0. The molecule has 0 saturated carbocycles. The Morgan fingerprint density at radius 3 is 2.24 bits per heavy atom. The van der Waals surface area contributed by atoms with E-state index in [0.29, 0.717) is 12.1 Å². The number of carbonyl (C=O) groups is 1. The van der Waals surface area contributed by atoms with Gasteiger partial charge in [-0.05, 0) is 24.0 Å². The number of halogens is 3. The molecule has 1 aliphatic rings. The number of rotatable bonds is 6. The van der Waals surface area contributed by atoms with Gasteiger partial charge in [-0.1, -0.05) is 27.7 Å². The molecule has 1 fully saturated rings. The summed E-state index contributed by atoms with van der Waals surface area (Å²) in [4.78, 5) is 32.4. The number of aromatic nitrogens is 2. The number of carbonyl (C=O) groups excluding carboxylic acids is 1. The minimum absolute atomic E-state index is 0.0464. The normalized spacial score (nSPS) is 18.0. The quantitative estimate of drug-likeness (QED) is 0.463. The van der Waals surface area contributed by atoms with E-state index in [-0.39, 0.29) is 53.3 Å². The molecule has 11 heteroatoms. The van der Waals surface area contributed by atoms with Crippen molar-refractivity contribution < 1.29 is 28.2 Å². The van der Waals surface area contributed by atoms with Crippen LogP contribution in [0.2, 0.25) is 0 Å². The van der Waals surface area contributed by atoms with E-state index in [4.69, 9.17) is 0 Å².